The Kier molecular flexibility index (Phi) is 4.70. The Labute approximate surface area is 106 Å². The molecule has 1 rings (SSSR count). The Balaban J connectivity index is 2.91. The molecule has 0 saturated heterocycles. The second-order valence-corrected chi connectivity index (χ2v) is 5.38. The van der Waals surface area contributed by atoms with E-state index >= 15 is 0 Å². The van der Waals surface area contributed by atoms with Crippen LogP contribution in [0.4, 0.5) is 11.4 Å². The minimum absolute atomic E-state index is 0.656. The fourth-order valence-electron chi connectivity index (χ4n) is 1.65. The lowest BCUT2D eigenvalue weighted by atomic mass is 10.1. The summed E-state index contributed by atoms with van der Waals surface area (Å²) >= 11 is 2.28. The molecule has 1 aromatic rings. The van der Waals surface area contributed by atoms with Gasteiger partial charge in [-0.25, -0.2) is 0 Å². The molecule has 0 heterocycles. The minimum atomic E-state index is 0.656. The first-order valence-electron chi connectivity index (χ1n) is 5.34. The van der Waals surface area contributed by atoms with E-state index in [2.05, 4.69) is 60.4 Å². The maximum atomic E-state index is 6.03. The first-order valence-corrected chi connectivity index (χ1v) is 6.42. The summed E-state index contributed by atoms with van der Waals surface area (Å²) < 4.78 is 1.19. The second kappa shape index (κ2) is 5.58. The van der Waals surface area contributed by atoms with Gasteiger partial charge in [0.25, 0.3) is 0 Å². The predicted molar refractivity (Wildman–Crippen MR) is 76.3 cm³/mol. The maximum absolute atomic E-state index is 6.03. The third kappa shape index (κ3) is 3.55. The van der Waals surface area contributed by atoms with E-state index in [1.165, 1.54) is 3.57 Å². The number of benzene rings is 1. The summed E-state index contributed by atoms with van der Waals surface area (Å²) in [5, 5.41) is 0. The lowest BCUT2D eigenvalue weighted by Crippen LogP contribution is -2.27. The Morgan fingerprint density at radius 1 is 1.40 bits per heavy atom. The van der Waals surface area contributed by atoms with Gasteiger partial charge in [-0.05, 0) is 53.6 Å². The van der Waals surface area contributed by atoms with Crippen molar-refractivity contribution in [2.45, 2.75) is 20.8 Å². The highest BCUT2D eigenvalue weighted by Crippen LogP contribution is 2.25. The fourth-order valence-corrected chi connectivity index (χ4v) is 2.17. The Bertz CT molecular complexity index is 323. The van der Waals surface area contributed by atoms with Crippen LogP contribution >= 0.6 is 22.6 Å². The molecular weight excluding hydrogens is 299 g/mol. The van der Waals surface area contributed by atoms with Gasteiger partial charge in [0.2, 0.25) is 0 Å². The highest BCUT2D eigenvalue weighted by Gasteiger charge is 2.09. The van der Waals surface area contributed by atoms with Crippen molar-refractivity contribution in [2.75, 3.05) is 23.7 Å². The Morgan fingerprint density at radius 2 is 2.07 bits per heavy atom. The SMILES string of the molecule is CCN(CC(C)C)c1ccc(I)cc1N. The lowest BCUT2D eigenvalue weighted by Gasteiger charge is -2.26. The quantitative estimate of drug-likeness (QED) is 0.681. The first kappa shape index (κ1) is 12.6. The van der Waals surface area contributed by atoms with Crippen molar-refractivity contribution in [3.05, 3.63) is 21.8 Å². The molecule has 0 fully saturated rings. The summed E-state index contributed by atoms with van der Waals surface area (Å²) in [7, 11) is 0. The van der Waals surface area contributed by atoms with Crippen molar-refractivity contribution >= 4 is 34.0 Å². The number of nitrogens with zero attached hydrogens (tertiary/aromatic N) is 1. The molecule has 0 aliphatic rings. The fraction of sp³-hybridized carbons (Fsp3) is 0.500. The normalized spacial score (nSPS) is 10.7. The molecule has 0 amide bonds. The number of rotatable bonds is 4. The predicted octanol–water partition coefficient (Wildman–Crippen LogP) is 3.36. The molecular formula is C12H19IN2. The highest BCUT2D eigenvalue weighted by molar-refractivity contribution is 14.1. The van der Waals surface area contributed by atoms with Crippen LogP contribution in [0.3, 0.4) is 0 Å². The van der Waals surface area contributed by atoms with Crippen LogP contribution in [0.15, 0.2) is 18.2 Å². The molecule has 2 N–H and O–H groups in total. The van der Waals surface area contributed by atoms with Crippen molar-refractivity contribution in [1.29, 1.82) is 0 Å². The molecule has 0 unspecified atom stereocenters. The van der Waals surface area contributed by atoms with E-state index in [-0.39, 0.29) is 0 Å². The molecule has 84 valence electrons. The number of nitrogens with two attached hydrogens (primary N) is 1. The van der Waals surface area contributed by atoms with Gasteiger partial charge in [-0.3, -0.25) is 0 Å². The van der Waals surface area contributed by atoms with E-state index in [1.807, 2.05) is 6.07 Å². The molecule has 0 radical (unpaired) electrons. The number of nitrogen functional groups attached to an aromatic ring is 1. The maximum Gasteiger partial charge on any atom is 0.0600 e. The average molecular weight is 318 g/mol. The van der Waals surface area contributed by atoms with E-state index in [4.69, 9.17) is 5.73 Å². The summed E-state index contributed by atoms with van der Waals surface area (Å²) in [6.07, 6.45) is 0. The standard InChI is InChI=1S/C12H19IN2/c1-4-15(8-9(2)3)12-6-5-10(13)7-11(12)14/h5-7,9H,4,8,14H2,1-3H3. The van der Waals surface area contributed by atoms with Crippen molar-refractivity contribution in [3.63, 3.8) is 0 Å². The average Bonchev–Trinajstić information content (AvgIpc) is 2.14. The number of hydrogen-bond acceptors (Lipinski definition) is 2. The monoisotopic (exact) mass is 318 g/mol. The summed E-state index contributed by atoms with van der Waals surface area (Å²) in [4.78, 5) is 2.33. The largest absolute Gasteiger partial charge is 0.397 e. The molecule has 15 heavy (non-hydrogen) atoms. The summed E-state index contributed by atoms with van der Waals surface area (Å²) in [6.45, 7) is 8.68. The highest BCUT2D eigenvalue weighted by atomic mass is 127. The van der Waals surface area contributed by atoms with E-state index in [0.29, 0.717) is 5.92 Å². The zero-order valence-corrected chi connectivity index (χ0v) is 11.8. The van der Waals surface area contributed by atoms with Crippen LogP contribution < -0.4 is 10.6 Å². The smallest absolute Gasteiger partial charge is 0.0600 e. The van der Waals surface area contributed by atoms with Crippen LogP contribution in [0, 0.1) is 9.49 Å². The van der Waals surface area contributed by atoms with Gasteiger partial charge >= 0.3 is 0 Å². The molecule has 0 spiro atoms. The third-order valence-corrected chi connectivity index (χ3v) is 2.97. The summed E-state index contributed by atoms with van der Waals surface area (Å²) in [5.41, 5.74) is 8.07. The third-order valence-electron chi connectivity index (χ3n) is 2.30. The van der Waals surface area contributed by atoms with Gasteiger partial charge in [-0.15, -0.1) is 0 Å². The van der Waals surface area contributed by atoms with Gasteiger partial charge in [-0.2, -0.15) is 0 Å². The van der Waals surface area contributed by atoms with Crippen LogP contribution in [0.25, 0.3) is 0 Å². The lowest BCUT2D eigenvalue weighted by molar-refractivity contribution is 0.619. The zero-order chi connectivity index (χ0) is 11.4. The number of hydrogen-bond donors (Lipinski definition) is 1. The van der Waals surface area contributed by atoms with Crippen molar-refractivity contribution < 1.29 is 0 Å². The van der Waals surface area contributed by atoms with Gasteiger partial charge in [0, 0.05) is 16.7 Å². The van der Waals surface area contributed by atoms with Gasteiger partial charge in [0.15, 0.2) is 0 Å². The molecule has 0 aromatic heterocycles. The van der Waals surface area contributed by atoms with Gasteiger partial charge in [0.05, 0.1) is 11.4 Å². The topological polar surface area (TPSA) is 29.3 Å². The molecule has 0 bridgehead atoms. The van der Waals surface area contributed by atoms with Crippen LogP contribution in [0.5, 0.6) is 0 Å². The van der Waals surface area contributed by atoms with Gasteiger partial charge in [-0.1, -0.05) is 13.8 Å². The van der Waals surface area contributed by atoms with Crippen LogP contribution in [0.1, 0.15) is 20.8 Å². The minimum Gasteiger partial charge on any atom is -0.397 e. The van der Waals surface area contributed by atoms with Crippen LogP contribution in [-0.4, -0.2) is 13.1 Å². The molecule has 0 aliphatic heterocycles. The molecule has 0 saturated carbocycles. The van der Waals surface area contributed by atoms with Gasteiger partial charge in [0.1, 0.15) is 0 Å². The van der Waals surface area contributed by atoms with Crippen LogP contribution in [0.2, 0.25) is 0 Å². The van der Waals surface area contributed by atoms with Crippen molar-refractivity contribution in [3.8, 4) is 0 Å². The molecule has 1 aromatic carbocycles. The second-order valence-electron chi connectivity index (χ2n) is 4.14. The van der Waals surface area contributed by atoms with E-state index < -0.39 is 0 Å². The number of anilines is 2. The molecule has 2 nitrogen and oxygen atoms in total. The summed E-state index contributed by atoms with van der Waals surface area (Å²) in [6, 6.07) is 6.25. The van der Waals surface area contributed by atoms with Gasteiger partial charge < -0.3 is 10.6 Å². The Morgan fingerprint density at radius 3 is 2.53 bits per heavy atom. The zero-order valence-electron chi connectivity index (χ0n) is 9.63. The van der Waals surface area contributed by atoms with E-state index in [9.17, 15) is 0 Å². The molecule has 3 heteroatoms. The van der Waals surface area contributed by atoms with Crippen molar-refractivity contribution in [1.82, 2.24) is 0 Å². The van der Waals surface area contributed by atoms with E-state index in [1.54, 1.807) is 0 Å². The first-order chi connectivity index (χ1) is 7.04. The summed E-state index contributed by atoms with van der Waals surface area (Å²) in [5.74, 6) is 0.656. The van der Waals surface area contributed by atoms with E-state index in [0.717, 1.165) is 24.5 Å². The number of halogens is 1. The van der Waals surface area contributed by atoms with Crippen molar-refractivity contribution in [2.24, 2.45) is 5.92 Å². The van der Waals surface area contributed by atoms with Crippen LogP contribution in [-0.2, 0) is 0 Å². The molecule has 0 atom stereocenters. The molecule has 0 aliphatic carbocycles. The Hall–Kier alpha value is -0.450.